The monoisotopic (exact) mass is 311 g/mol. The average Bonchev–Trinajstić information content (AvgIpc) is 3.01. The van der Waals surface area contributed by atoms with Crippen LogP contribution in [0.25, 0.3) is 0 Å². The summed E-state index contributed by atoms with van der Waals surface area (Å²) >= 11 is 2.02. The molecule has 2 rings (SSSR count). The minimum Gasteiger partial charge on any atom is -0.496 e. The fraction of sp³-hybridized carbons (Fsp3) is 0.647. The first kappa shape index (κ1) is 16.6. The molecule has 1 fully saturated rings. The first-order valence-electron chi connectivity index (χ1n) is 7.93. The maximum atomic E-state index is 13.6. The number of benzene rings is 1. The zero-order valence-electron chi connectivity index (χ0n) is 13.0. The van der Waals surface area contributed by atoms with Crippen LogP contribution in [0.4, 0.5) is 4.39 Å². The molecular formula is C17H26FNOS. The van der Waals surface area contributed by atoms with E-state index in [0.717, 1.165) is 35.3 Å². The molecule has 0 radical (unpaired) electrons. The highest BCUT2D eigenvalue weighted by atomic mass is 32.2. The van der Waals surface area contributed by atoms with Crippen molar-refractivity contribution >= 4 is 11.8 Å². The van der Waals surface area contributed by atoms with Gasteiger partial charge in [0, 0.05) is 22.6 Å². The van der Waals surface area contributed by atoms with Gasteiger partial charge in [-0.25, -0.2) is 4.39 Å². The minimum atomic E-state index is -0.194. The predicted molar refractivity (Wildman–Crippen MR) is 88.7 cm³/mol. The van der Waals surface area contributed by atoms with Gasteiger partial charge in [-0.1, -0.05) is 19.8 Å². The molecule has 0 aliphatic heterocycles. The van der Waals surface area contributed by atoms with E-state index in [9.17, 15) is 4.39 Å². The van der Waals surface area contributed by atoms with Crippen molar-refractivity contribution in [2.45, 2.75) is 50.3 Å². The lowest BCUT2D eigenvalue weighted by molar-refractivity contribution is 0.400. The van der Waals surface area contributed by atoms with Gasteiger partial charge in [-0.2, -0.15) is 11.8 Å². The molecule has 1 aliphatic carbocycles. The summed E-state index contributed by atoms with van der Waals surface area (Å²) in [6.45, 7) is 3.09. The number of ether oxygens (including phenoxy) is 1. The van der Waals surface area contributed by atoms with Crippen LogP contribution >= 0.6 is 11.8 Å². The van der Waals surface area contributed by atoms with Gasteiger partial charge in [0.15, 0.2) is 0 Å². The molecular weight excluding hydrogens is 285 g/mol. The van der Waals surface area contributed by atoms with E-state index in [-0.39, 0.29) is 11.9 Å². The van der Waals surface area contributed by atoms with Crippen molar-refractivity contribution in [3.8, 4) is 5.75 Å². The van der Waals surface area contributed by atoms with Crippen molar-refractivity contribution in [1.82, 2.24) is 5.32 Å². The second kappa shape index (κ2) is 8.64. The van der Waals surface area contributed by atoms with Gasteiger partial charge < -0.3 is 10.1 Å². The summed E-state index contributed by atoms with van der Waals surface area (Å²) in [5, 5.41) is 4.32. The van der Waals surface area contributed by atoms with Gasteiger partial charge in [0.05, 0.1) is 7.11 Å². The molecule has 0 bridgehead atoms. The molecule has 0 saturated heterocycles. The standard InChI is InChI=1S/C17H26FNOS/c1-3-10-19-16(12-21-14-6-4-5-7-14)15-11-13(18)8-9-17(15)20-2/h8-9,11,14,16,19H,3-7,10,12H2,1-2H3. The average molecular weight is 311 g/mol. The van der Waals surface area contributed by atoms with Gasteiger partial charge in [-0.15, -0.1) is 0 Å². The van der Waals surface area contributed by atoms with Crippen molar-refractivity contribution in [3.63, 3.8) is 0 Å². The lowest BCUT2D eigenvalue weighted by Gasteiger charge is -2.22. The van der Waals surface area contributed by atoms with Gasteiger partial charge in [0.2, 0.25) is 0 Å². The topological polar surface area (TPSA) is 21.3 Å². The van der Waals surface area contributed by atoms with E-state index >= 15 is 0 Å². The summed E-state index contributed by atoms with van der Waals surface area (Å²) in [6.07, 6.45) is 6.43. The zero-order valence-corrected chi connectivity index (χ0v) is 13.8. The third kappa shape index (κ3) is 4.89. The quantitative estimate of drug-likeness (QED) is 0.761. The van der Waals surface area contributed by atoms with Crippen molar-refractivity contribution in [3.05, 3.63) is 29.6 Å². The van der Waals surface area contributed by atoms with Gasteiger partial charge in [0.25, 0.3) is 0 Å². The zero-order chi connectivity index (χ0) is 15.1. The Labute approximate surface area is 131 Å². The van der Waals surface area contributed by atoms with Gasteiger partial charge in [-0.3, -0.25) is 0 Å². The van der Waals surface area contributed by atoms with Crippen molar-refractivity contribution in [2.75, 3.05) is 19.4 Å². The highest BCUT2D eigenvalue weighted by molar-refractivity contribution is 7.99. The second-order valence-corrected chi connectivity index (χ2v) is 6.97. The molecule has 1 saturated carbocycles. The smallest absolute Gasteiger partial charge is 0.123 e. The molecule has 118 valence electrons. The molecule has 2 nitrogen and oxygen atoms in total. The summed E-state index contributed by atoms with van der Waals surface area (Å²) in [5.41, 5.74) is 0.941. The maximum Gasteiger partial charge on any atom is 0.123 e. The first-order valence-corrected chi connectivity index (χ1v) is 8.98. The SMILES string of the molecule is CCCNC(CSC1CCCC1)c1cc(F)ccc1OC. The fourth-order valence-corrected chi connectivity index (χ4v) is 4.27. The van der Waals surface area contributed by atoms with Gasteiger partial charge in [0.1, 0.15) is 11.6 Å². The molecule has 0 aromatic heterocycles. The number of hydrogen-bond donors (Lipinski definition) is 1. The van der Waals surface area contributed by atoms with E-state index in [1.807, 2.05) is 11.8 Å². The Morgan fingerprint density at radius 1 is 1.38 bits per heavy atom. The number of methoxy groups -OCH3 is 1. The fourth-order valence-electron chi connectivity index (χ4n) is 2.84. The van der Waals surface area contributed by atoms with E-state index < -0.39 is 0 Å². The molecule has 1 aliphatic rings. The van der Waals surface area contributed by atoms with E-state index in [1.165, 1.54) is 31.7 Å². The van der Waals surface area contributed by atoms with Crippen LogP contribution in [-0.4, -0.2) is 24.7 Å². The van der Waals surface area contributed by atoms with Crippen LogP contribution in [0.3, 0.4) is 0 Å². The Morgan fingerprint density at radius 3 is 2.81 bits per heavy atom. The molecule has 1 aromatic carbocycles. The lowest BCUT2D eigenvalue weighted by atomic mass is 10.1. The Bertz CT molecular complexity index is 435. The lowest BCUT2D eigenvalue weighted by Crippen LogP contribution is -2.25. The number of thioether (sulfide) groups is 1. The van der Waals surface area contributed by atoms with E-state index in [2.05, 4.69) is 12.2 Å². The van der Waals surface area contributed by atoms with Crippen LogP contribution < -0.4 is 10.1 Å². The highest BCUT2D eigenvalue weighted by Gasteiger charge is 2.21. The normalized spacial score (nSPS) is 17.1. The van der Waals surface area contributed by atoms with Crippen LogP contribution in [0.5, 0.6) is 5.75 Å². The minimum absolute atomic E-state index is 0.154. The number of rotatable bonds is 8. The van der Waals surface area contributed by atoms with Crippen LogP contribution in [0.2, 0.25) is 0 Å². The Hall–Kier alpha value is -0.740. The summed E-state index contributed by atoms with van der Waals surface area (Å²) in [6, 6.07) is 4.96. The van der Waals surface area contributed by atoms with Crippen molar-refractivity contribution in [1.29, 1.82) is 0 Å². The Balaban J connectivity index is 2.08. The molecule has 0 spiro atoms. The molecule has 1 atom stereocenters. The van der Waals surface area contributed by atoms with Gasteiger partial charge >= 0.3 is 0 Å². The van der Waals surface area contributed by atoms with Crippen molar-refractivity contribution < 1.29 is 9.13 Å². The van der Waals surface area contributed by atoms with E-state index in [4.69, 9.17) is 4.74 Å². The van der Waals surface area contributed by atoms with E-state index in [0.29, 0.717) is 0 Å². The molecule has 0 amide bonds. The molecule has 4 heteroatoms. The Morgan fingerprint density at radius 2 is 2.14 bits per heavy atom. The summed E-state index contributed by atoms with van der Waals surface area (Å²) < 4.78 is 19.0. The predicted octanol–water partition coefficient (Wildman–Crippen LogP) is 4.55. The number of nitrogens with one attached hydrogen (secondary N) is 1. The summed E-state index contributed by atoms with van der Waals surface area (Å²) in [4.78, 5) is 0. The first-order chi connectivity index (χ1) is 10.2. The highest BCUT2D eigenvalue weighted by Crippen LogP contribution is 2.34. The van der Waals surface area contributed by atoms with Crippen LogP contribution in [0.1, 0.15) is 50.6 Å². The number of halogens is 1. The van der Waals surface area contributed by atoms with Crippen LogP contribution in [0, 0.1) is 5.82 Å². The third-order valence-electron chi connectivity index (χ3n) is 4.01. The largest absolute Gasteiger partial charge is 0.496 e. The molecule has 0 heterocycles. The summed E-state index contributed by atoms with van der Waals surface area (Å²) in [7, 11) is 1.65. The van der Waals surface area contributed by atoms with E-state index in [1.54, 1.807) is 19.2 Å². The molecule has 1 N–H and O–H groups in total. The molecule has 1 unspecified atom stereocenters. The molecule has 1 aromatic rings. The van der Waals surface area contributed by atoms with Crippen LogP contribution in [0.15, 0.2) is 18.2 Å². The number of hydrogen-bond acceptors (Lipinski definition) is 3. The van der Waals surface area contributed by atoms with Crippen molar-refractivity contribution in [2.24, 2.45) is 0 Å². The third-order valence-corrected chi connectivity index (χ3v) is 5.48. The molecule has 21 heavy (non-hydrogen) atoms. The summed E-state index contributed by atoms with van der Waals surface area (Å²) in [5.74, 6) is 1.56. The second-order valence-electron chi connectivity index (χ2n) is 5.63. The Kier molecular flexibility index (Phi) is 6.84. The van der Waals surface area contributed by atoms with Gasteiger partial charge in [-0.05, 0) is 44.0 Å². The maximum absolute atomic E-state index is 13.6. The van der Waals surface area contributed by atoms with Crippen LogP contribution in [-0.2, 0) is 0 Å².